The van der Waals surface area contributed by atoms with Gasteiger partial charge in [0.1, 0.15) is 5.69 Å². The lowest BCUT2D eigenvalue weighted by atomic mass is 10.1. The maximum Gasteiger partial charge on any atom is 0.255 e. The number of halogens is 5. The quantitative estimate of drug-likeness (QED) is 0.503. The molecular formula is C13H7ClF4N2O. The molecule has 0 atom stereocenters. The van der Waals surface area contributed by atoms with E-state index < -0.39 is 34.9 Å². The third-order valence-electron chi connectivity index (χ3n) is 2.53. The lowest BCUT2D eigenvalue weighted by Gasteiger charge is -2.09. The molecule has 0 heterocycles. The van der Waals surface area contributed by atoms with Crippen LogP contribution in [0.3, 0.4) is 0 Å². The largest absolute Gasteiger partial charge is 0.399 e. The summed E-state index contributed by atoms with van der Waals surface area (Å²) in [5.41, 5.74) is 4.26. The van der Waals surface area contributed by atoms with Crippen molar-refractivity contribution < 1.29 is 22.4 Å². The summed E-state index contributed by atoms with van der Waals surface area (Å²) in [6.45, 7) is 0. The number of benzene rings is 2. The van der Waals surface area contributed by atoms with Gasteiger partial charge in [-0.05, 0) is 18.2 Å². The Labute approximate surface area is 121 Å². The summed E-state index contributed by atoms with van der Waals surface area (Å²) in [6, 6.07) is 3.75. The van der Waals surface area contributed by atoms with E-state index in [9.17, 15) is 22.4 Å². The average molecular weight is 319 g/mol. The number of rotatable bonds is 2. The van der Waals surface area contributed by atoms with E-state index in [4.69, 9.17) is 17.3 Å². The van der Waals surface area contributed by atoms with Crippen LogP contribution in [0.1, 0.15) is 10.4 Å². The van der Waals surface area contributed by atoms with Crippen LogP contribution in [-0.2, 0) is 0 Å². The predicted molar refractivity (Wildman–Crippen MR) is 70.1 cm³/mol. The van der Waals surface area contributed by atoms with E-state index in [0.717, 1.165) is 0 Å². The van der Waals surface area contributed by atoms with Crippen LogP contribution >= 0.6 is 11.6 Å². The number of nitrogens with one attached hydrogen (secondary N) is 1. The van der Waals surface area contributed by atoms with Crippen LogP contribution in [0.2, 0.25) is 5.02 Å². The van der Waals surface area contributed by atoms with Crippen molar-refractivity contribution in [3.8, 4) is 0 Å². The highest BCUT2D eigenvalue weighted by Crippen LogP contribution is 2.25. The van der Waals surface area contributed by atoms with Crippen LogP contribution < -0.4 is 11.1 Å². The zero-order chi connectivity index (χ0) is 15.7. The molecule has 2 aromatic rings. The van der Waals surface area contributed by atoms with E-state index in [0.29, 0.717) is 0 Å². The molecule has 1 amide bonds. The van der Waals surface area contributed by atoms with E-state index in [-0.39, 0.29) is 22.3 Å². The van der Waals surface area contributed by atoms with Gasteiger partial charge >= 0.3 is 0 Å². The van der Waals surface area contributed by atoms with Crippen molar-refractivity contribution in [2.45, 2.75) is 0 Å². The van der Waals surface area contributed by atoms with E-state index in [1.54, 1.807) is 5.32 Å². The second-order valence-electron chi connectivity index (χ2n) is 4.07. The average Bonchev–Trinajstić information content (AvgIpc) is 2.40. The zero-order valence-electron chi connectivity index (χ0n) is 10.2. The summed E-state index contributed by atoms with van der Waals surface area (Å²) in [7, 11) is 0. The number of nitrogen functional groups attached to an aromatic ring is 1. The van der Waals surface area contributed by atoms with Gasteiger partial charge < -0.3 is 11.1 Å². The molecule has 0 fully saturated rings. The Hall–Kier alpha value is -2.28. The molecule has 0 aliphatic carbocycles. The fraction of sp³-hybridized carbons (Fsp3) is 0. The van der Waals surface area contributed by atoms with Crippen molar-refractivity contribution in [2.24, 2.45) is 0 Å². The maximum absolute atomic E-state index is 13.4. The lowest BCUT2D eigenvalue weighted by Crippen LogP contribution is -2.16. The minimum atomic E-state index is -1.71. The molecule has 0 bridgehead atoms. The Morgan fingerprint density at radius 2 is 1.57 bits per heavy atom. The molecular weight excluding hydrogens is 312 g/mol. The van der Waals surface area contributed by atoms with Crippen LogP contribution in [0.25, 0.3) is 0 Å². The van der Waals surface area contributed by atoms with Crippen LogP contribution in [-0.4, -0.2) is 5.91 Å². The summed E-state index contributed by atoms with van der Waals surface area (Å²) < 4.78 is 52.9. The fourth-order valence-electron chi connectivity index (χ4n) is 1.61. The summed E-state index contributed by atoms with van der Waals surface area (Å²) in [5.74, 6) is -7.70. The normalized spacial score (nSPS) is 10.5. The van der Waals surface area contributed by atoms with Crippen LogP contribution in [0.15, 0.2) is 24.3 Å². The highest BCUT2D eigenvalue weighted by molar-refractivity contribution is 6.31. The molecule has 0 saturated carbocycles. The highest BCUT2D eigenvalue weighted by Gasteiger charge is 2.21. The minimum Gasteiger partial charge on any atom is -0.399 e. The zero-order valence-corrected chi connectivity index (χ0v) is 10.9. The van der Waals surface area contributed by atoms with Gasteiger partial charge in [-0.25, -0.2) is 17.6 Å². The fourth-order valence-corrected chi connectivity index (χ4v) is 1.86. The first-order valence-electron chi connectivity index (χ1n) is 5.50. The maximum atomic E-state index is 13.4. The standard InChI is InChI=1S/C13H7ClF4N2O/c14-6-1-5(2-7(19)3-6)13(21)20-12-10(17)8(15)4-9(16)11(12)18/h1-4H,19H2,(H,20,21). The van der Waals surface area contributed by atoms with Gasteiger partial charge in [0.05, 0.1) is 0 Å². The number of nitrogens with two attached hydrogens (primary N) is 1. The summed E-state index contributed by atoms with van der Waals surface area (Å²) in [4.78, 5) is 11.8. The van der Waals surface area contributed by atoms with Gasteiger partial charge in [-0.1, -0.05) is 11.6 Å². The molecule has 0 aromatic heterocycles. The molecule has 2 rings (SSSR count). The van der Waals surface area contributed by atoms with Gasteiger partial charge in [-0.2, -0.15) is 0 Å². The number of amides is 1. The topological polar surface area (TPSA) is 55.1 Å². The van der Waals surface area contributed by atoms with Crippen LogP contribution in [0.4, 0.5) is 28.9 Å². The van der Waals surface area contributed by atoms with Crippen molar-refractivity contribution in [3.05, 3.63) is 58.1 Å². The summed E-state index contributed by atoms with van der Waals surface area (Å²) in [6.07, 6.45) is 0. The first-order valence-corrected chi connectivity index (χ1v) is 5.88. The van der Waals surface area contributed by atoms with Gasteiger partial charge in [0.15, 0.2) is 23.3 Å². The molecule has 0 saturated heterocycles. The number of hydrogen-bond donors (Lipinski definition) is 2. The monoisotopic (exact) mass is 318 g/mol. The molecule has 110 valence electrons. The Balaban J connectivity index is 2.40. The second kappa shape index (κ2) is 5.61. The second-order valence-corrected chi connectivity index (χ2v) is 4.51. The van der Waals surface area contributed by atoms with E-state index >= 15 is 0 Å². The molecule has 0 aliphatic rings. The number of carbonyl (C=O) groups excluding carboxylic acids is 1. The van der Waals surface area contributed by atoms with Crippen molar-refractivity contribution in [2.75, 3.05) is 11.1 Å². The highest BCUT2D eigenvalue weighted by atomic mass is 35.5. The van der Waals surface area contributed by atoms with E-state index in [1.165, 1.54) is 18.2 Å². The van der Waals surface area contributed by atoms with Gasteiger partial charge in [0, 0.05) is 22.3 Å². The third kappa shape index (κ3) is 3.08. The van der Waals surface area contributed by atoms with Crippen molar-refractivity contribution in [1.82, 2.24) is 0 Å². The molecule has 0 aliphatic heterocycles. The Morgan fingerprint density at radius 1 is 1.00 bits per heavy atom. The van der Waals surface area contributed by atoms with Gasteiger partial charge in [-0.3, -0.25) is 4.79 Å². The third-order valence-corrected chi connectivity index (χ3v) is 2.75. The predicted octanol–water partition coefficient (Wildman–Crippen LogP) is 3.73. The Morgan fingerprint density at radius 3 is 2.10 bits per heavy atom. The minimum absolute atomic E-state index is 0.0394. The van der Waals surface area contributed by atoms with E-state index in [2.05, 4.69) is 0 Å². The Kier molecular flexibility index (Phi) is 4.04. The van der Waals surface area contributed by atoms with Crippen LogP contribution in [0.5, 0.6) is 0 Å². The molecule has 0 spiro atoms. The van der Waals surface area contributed by atoms with Crippen molar-refractivity contribution >= 4 is 28.9 Å². The Bertz CT molecular complexity index is 690. The van der Waals surface area contributed by atoms with Gasteiger partial charge in [-0.15, -0.1) is 0 Å². The lowest BCUT2D eigenvalue weighted by molar-refractivity contribution is 0.102. The smallest absolute Gasteiger partial charge is 0.255 e. The molecule has 2 aromatic carbocycles. The first-order chi connectivity index (χ1) is 9.79. The van der Waals surface area contributed by atoms with Crippen molar-refractivity contribution in [3.63, 3.8) is 0 Å². The molecule has 3 N–H and O–H groups in total. The SMILES string of the molecule is Nc1cc(Cl)cc(C(=O)Nc2c(F)c(F)cc(F)c2F)c1. The summed E-state index contributed by atoms with van der Waals surface area (Å²) in [5, 5.41) is 1.86. The molecule has 21 heavy (non-hydrogen) atoms. The first kappa shape index (κ1) is 15.1. The number of anilines is 2. The van der Waals surface area contributed by atoms with Gasteiger partial charge in [0.25, 0.3) is 5.91 Å². The molecule has 0 unspecified atom stereocenters. The molecule has 3 nitrogen and oxygen atoms in total. The number of carbonyl (C=O) groups is 1. The molecule has 8 heteroatoms. The summed E-state index contributed by atoms with van der Waals surface area (Å²) >= 11 is 5.68. The number of hydrogen-bond acceptors (Lipinski definition) is 2. The van der Waals surface area contributed by atoms with Crippen LogP contribution in [0, 0.1) is 23.3 Å². The van der Waals surface area contributed by atoms with Gasteiger partial charge in [0.2, 0.25) is 0 Å². The van der Waals surface area contributed by atoms with Crippen molar-refractivity contribution in [1.29, 1.82) is 0 Å². The molecule has 0 radical (unpaired) electrons. The van der Waals surface area contributed by atoms with E-state index in [1.807, 2.05) is 0 Å².